The Balaban J connectivity index is 1.25. The molecule has 1 spiro atoms. The maximum Gasteiger partial charge on any atom is 0.246 e. The number of likely N-dealkylation sites (N-methyl/N-ethyl adjacent to an activating group) is 1. The van der Waals surface area contributed by atoms with Crippen LogP contribution in [-0.2, 0) is 32.1 Å². The van der Waals surface area contributed by atoms with Crippen LogP contribution in [0, 0.1) is 17.2 Å². The predicted molar refractivity (Wildman–Crippen MR) is 159 cm³/mol. The van der Waals surface area contributed by atoms with E-state index in [2.05, 4.69) is 40.1 Å². The molecule has 4 fully saturated rings. The molecule has 1 amide bonds. The van der Waals surface area contributed by atoms with Crippen molar-refractivity contribution in [2.24, 2.45) is 5.92 Å². The Kier molecular flexibility index (Phi) is 8.87. The Hall–Kier alpha value is -2.85. The highest BCUT2D eigenvalue weighted by atomic mass is 16.5. The van der Waals surface area contributed by atoms with Gasteiger partial charge in [0, 0.05) is 43.6 Å². The third kappa shape index (κ3) is 5.72. The van der Waals surface area contributed by atoms with Crippen LogP contribution in [0.4, 0.5) is 0 Å². The summed E-state index contributed by atoms with van der Waals surface area (Å²) in [4.78, 5) is 33.5. The summed E-state index contributed by atoms with van der Waals surface area (Å²) < 4.78 is 18.6. The summed E-state index contributed by atoms with van der Waals surface area (Å²) in [5, 5.41) is 16.8. The molecule has 1 aromatic rings. The van der Waals surface area contributed by atoms with Crippen LogP contribution in [0.5, 0.6) is 5.75 Å². The fourth-order valence-electron chi connectivity index (χ4n) is 7.90. The topological polar surface area (TPSA) is 119 Å². The summed E-state index contributed by atoms with van der Waals surface area (Å²) in [5.74, 6) is 0.674. The molecule has 6 unspecified atom stereocenters. The van der Waals surface area contributed by atoms with Crippen molar-refractivity contribution >= 4 is 11.7 Å². The van der Waals surface area contributed by atoms with E-state index in [1.54, 1.807) is 12.0 Å². The quantitative estimate of drug-likeness (QED) is 0.450. The van der Waals surface area contributed by atoms with Crippen molar-refractivity contribution in [2.45, 2.75) is 81.4 Å². The van der Waals surface area contributed by atoms with E-state index in [4.69, 9.17) is 14.2 Å². The molecule has 43 heavy (non-hydrogen) atoms. The van der Waals surface area contributed by atoms with E-state index in [0.717, 1.165) is 42.7 Å². The number of ketones is 1. The number of amides is 1. The number of nitrogens with one attached hydrogen (secondary N) is 2. The number of hydrogen-bond donors (Lipinski definition) is 2. The number of nitrogens with zero attached hydrogens (tertiary/aromatic N) is 4. The Morgan fingerprint density at radius 1 is 1.26 bits per heavy atom. The van der Waals surface area contributed by atoms with Crippen LogP contribution in [0.3, 0.4) is 0 Å². The zero-order valence-corrected chi connectivity index (χ0v) is 25.3. The molecule has 0 radical (unpaired) electrons. The van der Waals surface area contributed by atoms with Crippen LogP contribution < -0.4 is 15.4 Å². The molecular formula is C32H44N6O5. The maximum atomic E-state index is 14.5. The second kappa shape index (κ2) is 12.6. The molecular weight excluding hydrogens is 548 g/mol. The van der Waals surface area contributed by atoms with Crippen LogP contribution >= 0.6 is 0 Å². The van der Waals surface area contributed by atoms with Crippen molar-refractivity contribution in [2.75, 3.05) is 46.9 Å². The molecule has 232 valence electrons. The van der Waals surface area contributed by atoms with Gasteiger partial charge >= 0.3 is 0 Å². The fraction of sp³-hybridized carbons (Fsp3) is 0.656. The molecule has 0 aromatic heterocycles. The summed E-state index contributed by atoms with van der Waals surface area (Å²) in [5.41, 5.74) is 1.19. The van der Waals surface area contributed by atoms with Crippen LogP contribution in [0.1, 0.15) is 43.2 Å². The van der Waals surface area contributed by atoms with Crippen LogP contribution in [-0.4, -0.2) is 110 Å². The second-order valence-electron chi connectivity index (χ2n) is 12.6. The first kappa shape index (κ1) is 30.2. The average molecular weight is 593 g/mol. The number of piperazine rings is 1. The molecule has 4 aliphatic heterocycles. The Morgan fingerprint density at radius 3 is 2.86 bits per heavy atom. The summed E-state index contributed by atoms with van der Waals surface area (Å²) >= 11 is 0. The molecule has 2 N–H and O–H groups in total. The highest BCUT2D eigenvalue weighted by molar-refractivity contribution is 5.94. The van der Waals surface area contributed by atoms with Crippen LogP contribution in [0.25, 0.3) is 0 Å². The number of fused-ring (bicyclic) bond motifs is 2. The van der Waals surface area contributed by atoms with Gasteiger partial charge in [-0.05, 0) is 57.0 Å². The SMILES string of the molecule is C=CC(=O)N1CCN(C2NC(OCC3CCCN3C)NC3C(=O)[C@]4(CCC32)Cc2c(cccc2OC)CO4)CC1CC#N. The van der Waals surface area contributed by atoms with Gasteiger partial charge in [0.05, 0.1) is 51.1 Å². The van der Waals surface area contributed by atoms with E-state index in [9.17, 15) is 14.9 Å². The Bertz CT molecular complexity index is 1250. The van der Waals surface area contributed by atoms with Gasteiger partial charge < -0.3 is 24.0 Å². The van der Waals surface area contributed by atoms with Crippen molar-refractivity contribution in [1.82, 2.24) is 25.3 Å². The third-order valence-corrected chi connectivity index (χ3v) is 10.3. The second-order valence-corrected chi connectivity index (χ2v) is 12.6. The number of likely N-dealkylation sites (tertiary alicyclic amines) is 1. The first-order valence-corrected chi connectivity index (χ1v) is 15.6. The largest absolute Gasteiger partial charge is 0.496 e. The standard InChI is InChI=1S/C32H44N6O5/c1-4-27(39)38-16-15-37(18-22(38)11-13-33)30-24-10-12-32(17-25-21(19-43-32)7-5-9-26(25)41-3)29(40)28(24)34-31(35-30)42-20-23-8-6-14-36(23)2/h4-5,7,9,22-24,28,30-31,34-35H,1,6,8,10-12,14-20H2,2-3H3/t22?,23?,24?,28?,30?,31?,32-/m0/s1. The summed E-state index contributed by atoms with van der Waals surface area (Å²) in [6.07, 6.45) is 4.99. The molecule has 3 saturated heterocycles. The van der Waals surface area contributed by atoms with Gasteiger partial charge in [0.1, 0.15) is 11.4 Å². The number of hydrogen-bond acceptors (Lipinski definition) is 10. The van der Waals surface area contributed by atoms with Gasteiger partial charge in [0.25, 0.3) is 0 Å². The van der Waals surface area contributed by atoms with Crippen molar-refractivity contribution in [3.63, 3.8) is 0 Å². The minimum Gasteiger partial charge on any atom is -0.496 e. The first-order chi connectivity index (χ1) is 20.9. The van der Waals surface area contributed by atoms with Gasteiger partial charge in [-0.25, -0.2) is 0 Å². The molecule has 0 bridgehead atoms. The zero-order valence-electron chi connectivity index (χ0n) is 25.3. The molecule has 1 aromatic carbocycles. The third-order valence-electron chi connectivity index (χ3n) is 10.3. The number of ether oxygens (including phenoxy) is 3. The van der Waals surface area contributed by atoms with E-state index >= 15 is 0 Å². The normalized spacial score (nSPS) is 34.8. The first-order valence-electron chi connectivity index (χ1n) is 15.6. The van der Waals surface area contributed by atoms with Crippen molar-refractivity contribution in [3.8, 4) is 11.8 Å². The molecule has 11 nitrogen and oxygen atoms in total. The van der Waals surface area contributed by atoms with E-state index in [-0.39, 0.29) is 36.2 Å². The number of carbonyl (C=O) groups excluding carboxylic acids is 2. The lowest BCUT2D eigenvalue weighted by molar-refractivity contribution is -0.173. The zero-order chi connectivity index (χ0) is 30.1. The molecule has 11 heteroatoms. The molecule has 4 heterocycles. The van der Waals surface area contributed by atoms with Crippen molar-refractivity contribution in [1.29, 1.82) is 5.26 Å². The maximum absolute atomic E-state index is 14.5. The summed E-state index contributed by atoms with van der Waals surface area (Å²) in [6.45, 7) is 7.30. The van der Waals surface area contributed by atoms with Gasteiger partial charge in [-0.1, -0.05) is 18.7 Å². The highest BCUT2D eigenvalue weighted by Gasteiger charge is 2.56. The van der Waals surface area contributed by atoms with E-state index in [1.165, 1.54) is 6.08 Å². The van der Waals surface area contributed by atoms with E-state index in [1.807, 2.05) is 18.2 Å². The number of Topliss-reactive ketones (excluding diaryl/α,β-unsaturated/α-hetero) is 1. The number of benzene rings is 1. The number of rotatable bonds is 7. The van der Waals surface area contributed by atoms with E-state index in [0.29, 0.717) is 51.7 Å². The van der Waals surface area contributed by atoms with Gasteiger partial charge in [0.2, 0.25) is 5.91 Å². The summed E-state index contributed by atoms with van der Waals surface area (Å²) in [6, 6.07) is 7.83. The van der Waals surface area contributed by atoms with Gasteiger partial charge in [0.15, 0.2) is 12.1 Å². The molecule has 1 aliphatic carbocycles. The smallest absolute Gasteiger partial charge is 0.246 e. The molecule has 1 saturated carbocycles. The van der Waals surface area contributed by atoms with Crippen molar-refractivity contribution in [3.05, 3.63) is 42.0 Å². The lowest BCUT2D eigenvalue weighted by Crippen LogP contribution is -2.75. The lowest BCUT2D eigenvalue weighted by Gasteiger charge is -2.55. The molecule has 6 rings (SSSR count). The number of carbonyl (C=O) groups is 2. The number of nitriles is 1. The fourth-order valence-corrected chi connectivity index (χ4v) is 7.90. The lowest BCUT2D eigenvalue weighted by atomic mass is 9.68. The predicted octanol–water partition coefficient (Wildman–Crippen LogP) is 1.38. The van der Waals surface area contributed by atoms with Crippen LogP contribution in [0.15, 0.2) is 30.9 Å². The minimum atomic E-state index is -0.924. The van der Waals surface area contributed by atoms with Crippen molar-refractivity contribution < 1.29 is 23.8 Å². The van der Waals surface area contributed by atoms with Crippen LogP contribution in [0.2, 0.25) is 0 Å². The van der Waals surface area contributed by atoms with Gasteiger partial charge in [-0.2, -0.15) is 5.26 Å². The highest BCUT2D eigenvalue weighted by Crippen LogP contribution is 2.44. The monoisotopic (exact) mass is 592 g/mol. The van der Waals surface area contributed by atoms with Gasteiger partial charge in [-0.3, -0.25) is 25.1 Å². The summed E-state index contributed by atoms with van der Waals surface area (Å²) in [7, 11) is 3.79. The van der Waals surface area contributed by atoms with Gasteiger partial charge in [-0.15, -0.1) is 0 Å². The number of methoxy groups -OCH3 is 1. The average Bonchev–Trinajstić information content (AvgIpc) is 3.45. The molecule has 7 atom stereocenters. The Morgan fingerprint density at radius 2 is 2.12 bits per heavy atom. The minimum absolute atomic E-state index is 0.0285. The van der Waals surface area contributed by atoms with E-state index < -0.39 is 18.0 Å². The Labute approximate surface area is 254 Å². The molecule has 5 aliphatic rings.